The van der Waals surface area contributed by atoms with Crippen LogP contribution in [0.1, 0.15) is 0 Å². The van der Waals surface area contributed by atoms with Gasteiger partial charge < -0.3 is 24.1 Å². The predicted molar refractivity (Wildman–Crippen MR) is 51.9 cm³/mol. The average Bonchev–Trinajstić information content (AvgIpc) is 2.21. The van der Waals surface area contributed by atoms with E-state index in [2.05, 4.69) is 0 Å². The molecule has 1 unspecified atom stereocenters. The molecule has 90 valence electrons. The Kier molecular flexibility index (Phi) is 9.40. The lowest BCUT2D eigenvalue weighted by atomic mass is 10.4. The lowest BCUT2D eigenvalue weighted by Gasteiger charge is -2.12. The van der Waals surface area contributed by atoms with Gasteiger partial charge in [0.2, 0.25) is 0 Å². The molecule has 0 aliphatic heterocycles. The van der Waals surface area contributed by atoms with Crippen LogP contribution >= 0.6 is 0 Å². The third-order valence-corrected chi connectivity index (χ3v) is 1.57. The van der Waals surface area contributed by atoms with Gasteiger partial charge in [-0.3, -0.25) is 0 Å². The zero-order valence-corrected chi connectivity index (χ0v) is 9.10. The third kappa shape index (κ3) is 8.31. The van der Waals surface area contributed by atoms with E-state index >= 15 is 0 Å². The van der Waals surface area contributed by atoms with Crippen molar-refractivity contribution >= 4 is 5.97 Å². The third-order valence-electron chi connectivity index (χ3n) is 1.57. The van der Waals surface area contributed by atoms with Crippen LogP contribution in [0.15, 0.2) is 0 Å². The summed E-state index contributed by atoms with van der Waals surface area (Å²) in [5, 5.41) is 8.68. The molecule has 1 atom stereocenters. The number of hydrogen-bond acceptors (Lipinski definition) is 5. The molecule has 0 aromatic carbocycles. The molecule has 0 rings (SSSR count). The smallest absolute Gasteiger partial charge is 0.335 e. The van der Waals surface area contributed by atoms with Gasteiger partial charge in [0.05, 0.1) is 33.0 Å². The standard InChI is InChI=1S/C9H18O6/c1-12-3-4-14-5-6-15-8(7-13-2)9(10)11/h8H,3-7H2,1-2H3,(H,10,11). The van der Waals surface area contributed by atoms with Crippen molar-refractivity contribution in [3.8, 4) is 0 Å². The Hall–Kier alpha value is -0.690. The minimum Gasteiger partial charge on any atom is -0.479 e. The number of carboxylic acid groups (broad SMARTS) is 1. The maximum atomic E-state index is 10.6. The van der Waals surface area contributed by atoms with Crippen molar-refractivity contribution in [2.45, 2.75) is 6.10 Å². The molecule has 6 heteroatoms. The highest BCUT2D eigenvalue weighted by atomic mass is 16.6. The molecular formula is C9H18O6. The van der Waals surface area contributed by atoms with Gasteiger partial charge in [0.25, 0.3) is 0 Å². The van der Waals surface area contributed by atoms with Crippen molar-refractivity contribution in [2.75, 3.05) is 47.3 Å². The Morgan fingerprint density at radius 1 is 1.13 bits per heavy atom. The summed E-state index contributed by atoms with van der Waals surface area (Å²) in [5.74, 6) is -1.03. The van der Waals surface area contributed by atoms with Crippen LogP contribution in [0.2, 0.25) is 0 Å². The zero-order chi connectivity index (χ0) is 11.5. The SMILES string of the molecule is COCCOCCOC(COC)C(=O)O. The Balaban J connectivity index is 3.41. The molecule has 1 N–H and O–H groups in total. The highest BCUT2D eigenvalue weighted by molar-refractivity contribution is 5.72. The molecule has 0 amide bonds. The fourth-order valence-corrected chi connectivity index (χ4v) is 0.836. The Morgan fingerprint density at radius 3 is 2.33 bits per heavy atom. The fraction of sp³-hybridized carbons (Fsp3) is 0.889. The number of hydrogen-bond donors (Lipinski definition) is 1. The zero-order valence-electron chi connectivity index (χ0n) is 9.10. The van der Waals surface area contributed by atoms with Crippen LogP contribution in [0.3, 0.4) is 0 Å². The second-order valence-electron chi connectivity index (χ2n) is 2.76. The number of methoxy groups -OCH3 is 2. The molecule has 0 aromatic heterocycles. The van der Waals surface area contributed by atoms with Crippen LogP contribution in [0, 0.1) is 0 Å². The molecule has 0 radical (unpaired) electrons. The van der Waals surface area contributed by atoms with E-state index in [-0.39, 0.29) is 13.2 Å². The van der Waals surface area contributed by atoms with Gasteiger partial charge in [-0.15, -0.1) is 0 Å². The van der Waals surface area contributed by atoms with E-state index < -0.39 is 12.1 Å². The lowest BCUT2D eigenvalue weighted by molar-refractivity contribution is -0.155. The first-order valence-electron chi connectivity index (χ1n) is 4.62. The van der Waals surface area contributed by atoms with Crippen molar-refractivity contribution < 1.29 is 28.8 Å². The second kappa shape index (κ2) is 9.85. The van der Waals surface area contributed by atoms with Crippen molar-refractivity contribution in [2.24, 2.45) is 0 Å². The largest absolute Gasteiger partial charge is 0.479 e. The van der Waals surface area contributed by atoms with Crippen molar-refractivity contribution in [1.82, 2.24) is 0 Å². The summed E-state index contributed by atoms with van der Waals surface area (Å²) in [6.45, 7) is 1.59. The highest BCUT2D eigenvalue weighted by Crippen LogP contribution is 1.93. The van der Waals surface area contributed by atoms with E-state index in [9.17, 15) is 4.79 Å². The van der Waals surface area contributed by atoms with E-state index in [0.717, 1.165) is 0 Å². The Morgan fingerprint density at radius 2 is 1.80 bits per heavy atom. The summed E-state index contributed by atoms with van der Waals surface area (Å²) in [5.41, 5.74) is 0. The lowest BCUT2D eigenvalue weighted by Crippen LogP contribution is -2.30. The number of ether oxygens (including phenoxy) is 4. The van der Waals surface area contributed by atoms with E-state index in [4.69, 9.17) is 24.1 Å². The average molecular weight is 222 g/mol. The molecule has 0 saturated heterocycles. The van der Waals surface area contributed by atoms with E-state index in [1.807, 2.05) is 0 Å². The molecule has 6 nitrogen and oxygen atoms in total. The van der Waals surface area contributed by atoms with Crippen LogP contribution in [-0.4, -0.2) is 64.4 Å². The van der Waals surface area contributed by atoms with Crippen LogP contribution in [-0.2, 0) is 23.7 Å². The number of carbonyl (C=O) groups is 1. The topological polar surface area (TPSA) is 74.2 Å². The van der Waals surface area contributed by atoms with Crippen LogP contribution < -0.4 is 0 Å². The van der Waals surface area contributed by atoms with Crippen LogP contribution in [0.5, 0.6) is 0 Å². The summed E-state index contributed by atoms with van der Waals surface area (Å²) < 4.78 is 19.6. The van der Waals surface area contributed by atoms with E-state index in [1.54, 1.807) is 7.11 Å². The molecule has 0 fully saturated rings. The summed E-state index contributed by atoms with van der Waals surface area (Å²) in [6.07, 6.45) is -0.930. The van der Waals surface area contributed by atoms with Crippen LogP contribution in [0.4, 0.5) is 0 Å². The van der Waals surface area contributed by atoms with Crippen molar-refractivity contribution in [3.05, 3.63) is 0 Å². The quantitative estimate of drug-likeness (QED) is 0.514. The molecule has 0 heterocycles. The maximum absolute atomic E-state index is 10.6. The van der Waals surface area contributed by atoms with Gasteiger partial charge in [-0.25, -0.2) is 4.79 Å². The monoisotopic (exact) mass is 222 g/mol. The molecule has 0 spiro atoms. The molecule has 0 aliphatic rings. The molecule has 0 bridgehead atoms. The molecule has 15 heavy (non-hydrogen) atoms. The minimum atomic E-state index is -1.03. The second-order valence-corrected chi connectivity index (χ2v) is 2.76. The van der Waals surface area contributed by atoms with Crippen molar-refractivity contribution in [3.63, 3.8) is 0 Å². The number of rotatable bonds is 10. The highest BCUT2D eigenvalue weighted by Gasteiger charge is 2.17. The first-order chi connectivity index (χ1) is 7.22. The van der Waals surface area contributed by atoms with Gasteiger partial charge in [0.15, 0.2) is 6.10 Å². The van der Waals surface area contributed by atoms with Gasteiger partial charge >= 0.3 is 5.97 Å². The van der Waals surface area contributed by atoms with Crippen molar-refractivity contribution in [1.29, 1.82) is 0 Å². The Labute approximate surface area is 89.1 Å². The summed E-state index contributed by atoms with van der Waals surface area (Å²) in [7, 11) is 3.01. The van der Waals surface area contributed by atoms with E-state index in [0.29, 0.717) is 19.8 Å². The van der Waals surface area contributed by atoms with Crippen LogP contribution in [0.25, 0.3) is 0 Å². The first-order valence-corrected chi connectivity index (χ1v) is 4.62. The van der Waals surface area contributed by atoms with Gasteiger partial charge in [-0.05, 0) is 0 Å². The summed E-state index contributed by atoms with van der Waals surface area (Å²) in [4.78, 5) is 10.6. The van der Waals surface area contributed by atoms with Gasteiger partial charge in [0, 0.05) is 14.2 Å². The molecular weight excluding hydrogens is 204 g/mol. The predicted octanol–water partition coefficient (Wildman–Crippen LogP) is -0.234. The molecule has 0 aromatic rings. The van der Waals surface area contributed by atoms with Gasteiger partial charge in [-0.2, -0.15) is 0 Å². The molecule has 0 aliphatic carbocycles. The first kappa shape index (κ1) is 14.3. The fourth-order valence-electron chi connectivity index (χ4n) is 0.836. The molecule has 0 saturated carbocycles. The van der Waals surface area contributed by atoms with Gasteiger partial charge in [0.1, 0.15) is 0 Å². The normalized spacial score (nSPS) is 12.7. The maximum Gasteiger partial charge on any atom is 0.335 e. The minimum absolute atomic E-state index is 0.0351. The number of aliphatic carboxylic acids is 1. The number of carboxylic acids is 1. The summed E-state index contributed by atoms with van der Waals surface area (Å²) in [6, 6.07) is 0. The van der Waals surface area contributed by atoms with Gasteiger partial charge in [-0.1, -0.05) is 0 Å². The van der Waals surface area contributed by atoms with E-state index in [1.165, 1.54) is 7.11 Å². The summed E-state index contributed by atoms with van der Waals surface area (Å²) >= 11 is 0. The Bertz CT molecular complexity index is 161.